The van der Waals surface area contributed by atoms with Gasteiger partial charge >= 0.3 is 0 Å². The van der Waals surface area contributed by atoms with Gasteiger partial charge in [0.25, 0.3) is 11.8 Å². The maximum Gasteiger partial charge on any atom is 0.262 e. The Morgan fingerprint density at radius 1 is 0.800 bits per heavy atom. The molecule has 4 aromatic carbocycles. The number of carbonyl (C=O) groups is 3. The molecule has 1 aliphatic heterocycles. The van der Waals surface area contributed by atoms with E-state index in [2.05, 4.69) is 6.07 Å². The van der Waals surface area contributed by atoms with Gasteiger partial charge in [-0.05, 0) is 65.6 Å². The summed E-state index contributed by atoms with van der Waals surface area (Å²) in [5.74, 6) is -1.55. The van der Waals surface area contributed by atoms with E-state index in [4.69, 9.17) is 0 Å². The lowest BCUT2D eigenvalue weighted by Gasteiger charge is -2.42. The van der Waals surface area contributed by atoms with Crippen LogP contribution in [0.5, 0.6) is 0 Å². The fraction of sp³-hybridized carbons (Fsp3) is 0.206. The monoisotopic (exact) mass is 532 g/mol. The van der Waals surface area contributed by atoms with Gasteiger partial charge in [0.15, 0.2) is 0 Å². The lowest BCUT2D eigenvalue weighted by Crippen LogP contribution is -2.46. The number of halogens is 1. The molecule has 2 aliphatic rings. The molecule has 200 valence electrons. The summed E-state index contributed by atoms with van der Waals surface area (Å²) in [6.45, 7) is -0.0557. The van der Waals surface area contributed by atoms with Crippen molar-refractivity contribution in [3.05, 3.63) is 142 Å². The fourth-order valence-electron chi connectivity index (χ4n) is 6.12. The number of benzene rings is 4. The number of amides is 3. The van der Waals surface area contributed by atoms with Crippen molar-refractivity contribution in [2.75, 3.05) is 6.54 Å². The third kappa shape index (κ3) is 4.81. The molecule has 0 saturated carbocycles. The molecule has 4 aromatic rings. The van der Waals surface area contributed by atoms with Crippen molar-refractivity contribution in [2.24, 2.45) is 5.92 Å². The third-order valence-corrected chi connectivity index (χ3v) is 8.07. The number of nitrogens with zero attached hydrogens (tertiary/aromatic N) is 2. The van der Waals surface area contributed by atoms with Crippen LogP contribution in [0.1, 0.15) is 55.4 Å². The Bertz CT molecular complexity index is 1550. The molecule has 1 aliphatic carbocycles. The van der Waals surface area contributed by atoms with E-state index in [9.17, 15) is 18.8 Å². The number of hydrogen-bond acceptors (Lipinski definition) is 3. The van der Waals surface area contributed by atoms with Gasteiger partial charge < -0.3 is 4.90 Å². The second-order valence-electron chi connectivity index (χ2n) is 10.5. The minimum absolute atomic E-state index is 0.0540. The molecule has 3 amide bonds. The van der Waals surface area contributed by atoms with E-state index in [1.165, 1.54) is 6.07 Å². The summed E-state index contributed by atoms with van der Waals surface area (Å²) < 4.78 is 14.8. The molecule has 0 fully saturated rings. The van der Waals surface area contributed by atoms with Crippen LogP contribution in [-0.4, -0.2) is 34.1 Å². The Balaban J connectivity index is 1.39. The number of imide groups is 1. The number of hydrogen-bond donors (Lipinski definition) is 0. The molecule has 6 rings (SSSR count). The molecule has 1 heterocycles. The largest absolute Gasteiger partial charge is 0.329 e. The van der Waals surface area contributed by atoms with Gasteiger partial charge in [-0.25, -0.2) is 4.39 Å². The number of fused-ring (bicyclic) bond motifs is 2. The average molecular weight is 533 g/mol. The van der Waals surface area contributed by atoms with Gasteiger partial charge in [-0.2, -0.15) is 0 Å². The highest BCUT2D eigenvalue weighted by Gasteiger charge is 2.41. The summed E-state index contributed by atoms with van der Waals surface area (Å²) >= 11 is 0. The van der Waals surface area contributed by atoms with E-state index in [1.54, 1.807) is 41.3 Å². The molecular formula is C34H29FN2O3. The Morgan fingerprint density at radius 2 is 1.43 bits per heavy atom. The first kappa shape index (κ1) is 25.7. The Morgan fingerprint density at radius 3 is 2.15 bits per heavy atom. The van der Waals surface area contributed by atoms with Crippen LogP contribution < -0.4 is 0 Å². The van der Waals surface area contributed by atoms with E-state index >= 15 is 0 Å². The Kier molecular flexibility index (Phi) is 6.99. The quantitative estimate of drug-likeness (QED) is 0.275. The summed E-state index contributed by atoms with van der Waals surface area (Å²) in [5.41, 5.74) is 4.37. The summed E-state index contributed by atoms with van der Waals surface area (Å²) in [6.07, 6.45) is 2.08. The van der Waals surface area contributed by atoms with E-state index in [-0.39, 0.29) is 30.2 Å². The van der Waals surface area contributed by atoms with Crippen molar-refractivity contribution >= 4 is 17.7 Å². The molecule has 40 heavy (non-hydrogen) atoms. The average Bonchev–Trinajstić information content (AvgIpc) is 3.22. The van der Waals surface area contributed by atoms with Gasteiger partial charge in [0, 0.05) is 6.54 Å². The zero-order chi connectivity index (χ0) is 27.6. The van der Waals surface area contributed by atoms with Gasteiger partial charge in [0.05, 0.1) is 17.2 Å². The third-order valence-electron chi connectivity index (χ3n) is 8.07. The maximum atomic E-state index is 14.8. The second-order valence-corrected chi connectivity index (χ2v) is 10.5. The first-order chi connectivity index (χ1) is 19.5. The molecule has 2 atom stereocenters. The number of carbonyl (C=O) groups excluding carboxylic acids is 3. The van der Waals surface area contributed by atoms with E-state index in [0.29, 0.717) is 29.7 Å². The van der Waals surface area contributed by atoms with Gasteiger partial charge in [0.1, 0.15) is 12.4 Å². The highest BCUT2D eigenvalue weighted by Crippen LogP contribution is 2.41. The molecule has 0 radical (unpaired) electrons. The van der Waals surface area contributed by atoms with Gasteiger partial charge in [-0.3, -0.25) is 19.3 Å². The van der Waals surface area contributed by atoms with Crippen molar-refractivity contribution in [3.8, 4) is 0 Å². The molecule has 0 saturated heterocycles. The normalized spacial score (nSPS) is 17.9. The SMILES string of the molecule is O=C1c2ccccc2C(=O)N1CC(=O)N(Cc1ccccc1)[C@@H]1c2ccccc2CC[C@H]1Cc1ccccc1F. The van der Waals surface area contributed by atoms with Crippen molar-refractivity contribution in [2.45, 2.75) is 31.8 Å². The second kappa shape index (κ2) is 10.9. The predicted octanol–water partition coefficient (Wildman–Crippen LogP) is 6.00. The molecule has 0 bridgehead atoms. The van der Waals surface area contributed by atoms with E-state index < -0.39 is 11.8 Å². The standard InChI is InChI=1S/C34H29FN2O3/c35-30-17-9-5-13-25(30)20-26-19-18-24-12-4-6-14-27(24)32(26)36(21-23-10-2-1-3-11-23)31(38)22-37-33(39)28-15-7-8-16-29(28)34(37)40/h1-17,26,32H,18-22H2/t26-,32-/m0/s1. The summed E-state index contributed by atoms with van der Waals surface area (Å²) in [7, 11) is 0. The van der Waals surface area contributed by atoms with Crippen LogP contribution in [0.4, 0.5) is 4.39 Å². The van der Waals surface area contributed by atoms with Crippen molar-refractivity contribution in [3.63, 3.8) is 0 Å². The predicted molar refractivity (Wildman–Crippen MR) is 150 cm³/mol. The zero-order valence-corrected chi connectivity index (χ0v) is 22.0. The van der Waals surface area contributed by atoms with E-state index in [1.807, 2.05) is 54.6 Å². The van der Waals surface area contributed by atoms with Crippen LogP contribution >= 0.6 is 0 Å². The Hall–Kier alpha value is -4.58. The van der Waals surface area contributed by atoms with Crippen LogP contribution in [0.2, 0.25) is 0 Å². The first-order valence-corrected chi connectivity index (χ1v) is 13.6. The molecule has 0 N–H and O–H groups in total. The van der Waals surface area contributed by atoms with Gasteiger partial charge in [-0.15, -0.1) is 0 Å². The molecule has 0 aromatic heterocycles. The van der Waals surface area contributed by atoms with Crippen LogP contribution in [0.25, 0.3) is 0 Å². The lowest BCUT2D eigenvalue weighted by atomic mass is 9.76. The van der Waals surface area contributed by atoms with Gasteiger partial charge in [0.2, 0.25) is 5.91 Å². The van der Waals surface area contributed by atoms with Crippen LogP contribution in [0.15, 0.2) is 103 Å². The van der Waals surface area contributed by atoms with Gasteiger partial charge in [-0.1, -0.05) is 84.9 Å². The van der Waals surface area contributed by atoms with Crippen LogP contribution in [-0.2, 0) is 24.2 Å². The van der Waals surface area contributed by atoms with Crippen LogP contribution in [0, 0.1) is 11.7 Å². The van der Waals surface area contributed by atoms with E-state index in [0.717, 1.165) is 34.4 Å². The lowest BCUT2D eigenvalue weighted by molar-refractivity contribution is -0.136. The fourth-order valence-corrected chi connectivity index (χ4v) is 6.12. The van der Waals surface area contributed by atoms with Crippen molar-refractivity contribution in [1.29, 1.82) is 0 Å². The minimum Gasteiger partial charge on any atom is -0.329 e. The maximum absolute atomic E-state index is 14.8. The summed E-state index contributed by atoms with van der Waals surface area (Å²) in [5, 5.41) is 0. The number of aryl methyl sites for hydroxylation is 1. The molecule has 6 heteroatoms. The topological polar surface area (TPSA) is 57.7 Å². The molecule has 0 unspecified atom stereocenters. The first-order valence-electron chi connectivity index (χ1n) is 13.6. The summed E-state index contributed by atoms with van der Waals surface area (Å²) in [6, 6.07) is 30.9. The van der Waals surface area contributed by atoms with Crippen LogP contribution in [0.3, 0.4) is 0 Å². The van der Waals surface area contributed by atoms with Crippen molar-refractivity contribution in [1.82, 2.24) is 9.80 Å². The minimum atomic E-state index is -0.458. The smallest absolute Gasteiger partial charge is 0.262 e. The zero-order valence-electron chi connectivity index (χ0n) is 22.0. The number of rotatable bonds is 7. The Labute approximate surface area is 232 Å². The highest BCUT2D eigenvalue weighted by atomic mass is 19.1. The molecule has 0 spiro atoms. The summed E-state index contributed by atoms with van der Waals surface area (Å²) in [4.78, 5) is 43.3. The molecule has 5 nitrogen and oxygen atoms in total. The highest BCUT2D eigenvalue weighted by molar-refractivity contribution is 6.22. The molecular weight excluding hydrogens is 503 g/mol. The van der Waals surface area contributed by atoms with Crippen molar-refractivity contribution < 1.29 is 18.8 Å².